The lowest BCUT2D eigenvalue weighted by atomic mass is 9.97. The maximum Gasteiger partial charge on any atom is 0.243 e. The molecule has 1 aromatic heterocycles. The van der Waals surface area contributed by atoms with Gasteiger partial charge >= 0.3 is 0 Å². The topological polar surface area (TPSA) is 97.2 Å². The van der Waals surface area contributed by atoms with Crippen LogP contribution in [0.2, 0.25) is 0 Å². The first-order valence-corrected chi connectivity index (χ1v) is 11.9. The van der Waals surface area contributed by atoms with Crippen LogP contribution in [0.1, 0.15) is 46.5 Å². The van der Waals surface area contributed by atoms with Crippen molar-refractivity contribution in [3.63, 3.8) is 0 Å². The molecule has 9 heteroatoms. The van der Waals surface area contributed by atoms with Gasteiger partial charge in [0, 0.05) is 32.1 Å². The quantitative estimate of drug-likeness (QED) is 0.706. The number of carbonyl (C=O) groups is 1. The van der Waals surface area contributed by atoms with Crippen molar-refractivity contribution in [2.45, 2.75) is 57.9 Å². The van der Waals surface area contributed by atoms with Crippen LogP contribution in [0.15, 0.2) is 23.1 Å². The van der Waals surface area contributed by atoms with Crippen molar-refractivity contribution in [2.75, 3.05) is 19.6 Å². The minimum atomic E-state index is -3.61. The van der Waals surface area contributed by atoms with E-state index in [4.69, 9.17) is 0 Å². The van der Waals surface area contributed by atoms with Crippen molar-refractivity contribution in [1.29, 1.82) is 0 Å². The van der Waals surface area contributed by atoms with E-state index in [0.717, 1.165) is 24.9 Å². The molecule has 1 amide bonds. The van der Waals surface area contributed by atoms with Crippen LogP contribution in [-0.2, 0) is 21.4 Å². The zero-order valence-electron chi connectivity index (χ0n) is 17.5. The summed E-state index contributed by atoms with van der Waals surface area (Å²) < 4.78 is 29.4. The molecule has 1 saturated heterocycles. The van der Waals surface area contributed by atoms with Gasteiger partial charge in [-0.25, -0.2) is 13.1 Å². The Kier molecular flexibility index (Phi) is 6.89. The van der Waals surface area contributed by atoms with E-state index < -0.39 is 10.0 Å². The number of carbonyl (C=O) groups excluding carboxylic acids is 1. The standard InChI is InChI=1S/C20H31N5O3S/c1-4-11-25-19-6-5-17(14-18(19)22-23-25)29(27,28)24-12-8-16(9-13-24)20(26)21-10-7-15(2)3/h5-6,14-16H,4,7-13H2,1-3H3,(H,21,26). The summed E-state index contributed by atoms with van der Waals surface area (Å²) in [6.07, 6.45) is 2.96. The number of sulfonamides is 1. The van der Waals surface area contributed by atoms with E-state index in [-0.39, 0.29) is 16.7 Å². The van der Waals surface area contributed by atoms with E-state index in [0.29, 0.717) is 43.9 Å². The summed E-state index contributed by atoms with van der Waals surface area (Å²) in [4.78, 5) is 12.5. The molecule has 8 nitrogen and oxygen atoms in total. The summed E-state index contributed by atoms with van der Waals surface area (Å²) in [5.74, 6) is 0.463. The predicted octanol–water partition coefficient (Wildman–Crippen LogP) is 2.40. The van der Waals surface area contributed by atoms with E-state index >= 15 is 0 Å². The van der Waals surface area contributed by atoms with Gasteiger partial charge in [0.05, 0.1) is 10.4 Å². The molecular weight excluding hydrogens is 390 g/mol. The first-order valence-electron chi connectivity index (χ1n) is 10.4. The van der Waals surface area contributed by atoms with Crippen LogP contribution in [0.3, 0.4) is 0 Å². The maximum atomic E-state index is 13.1. The Balaban J connectivity index is 1.64. The normalized spacial score (nSPS) is 16.6. The molecule has 0 aliphatic carbocycles. The van der Waals surface area contributed by atoms with E-state index in [9.17, 15) is 13.2 Å². The van der Waals surface area contributed by atoms with Gasteiger partial charge in [0.15, 0.2) is 0 Å². The second kappa shape index (κ2) is 9.21. The fourth-order valence-corrected chi connectivity index (χ4v) is 5.12. The van der Waals surface area contributed by atoms with Crippen molar-refractivity contribution in [3.05, 3.63) is 18.2 Å². The summed E-state index contributed by atoms with van der Waals surface area (Å²) in [7, 11) is -3.61. The second-order valence-corrected chi connectivity index (χ2v) is 10.1. The summed E-state index contributed by atoms with van der Waals surface area (Å²) in [6, 6.07) is 4.99. The molecule has 1 aliphatic heterocycles. The van der Waals surface area contributed by atoms with Crippen molar-refractivity contribution in [1.82, 2.24) is 24.6 Å². The highest BCUT2D eigenvalue weighted by atomic mass is 32.2. The number of hydrogen-bond acceptors (Lipinski definition) is 5. The summed E-state index contributed by atoms with van der Waals surface area (Å²) in [5.41, 5.74) is 1.42. The van der Waals surface area contributed by atoms with Crippen LogP contribution >= 0.6 is 0 Å². The minimum absolute atomic E-state index is 0.0386. The Hall–Kier alpha value is -2.00. The molecule has 2 heterocycles. The average molecular weight is 422 g/mol. The summed E-state index contributed by atoms with van der Waals surface area (Å²) >= 11 is 0. The maximum absolute atomic E-state index is 13.1. The molecule has 1 aromatic carbocycles. The molecule has 3 rings (SSSR count). The number of amides is 1. The number of aryl methyl sites for hydroxylation is 1. The monoisotopic (exact) mass is 421 g/mol. The first-order chi connectivity index (χ1) is 13.8. The van der Waals surface area contributed by atoms with E-state index in [1.54, 1.807) is 22.9 Å². The summed E-state index contributed by atoms with van der Waals surface area (Å²) in [6.45, 7) is 8.42. The van der Waals surface area contributed by atoms with Crippen molar-refractivity contribution >= 4 is 27.0 Å². The lowest BCUT2D eigenvalue weighted by Gasteiger charge is -2.30. The highest BCUT2D eigenvalue weighted by Crippen LogP contribution is 2.26. The number of nitrogens with one attached hydrogen (secondary N) is 1. The third kappa shape index (κ3) is 4.95. The van der Waals surface area contributed by atoms with Crippen LogP contribution in [0.25, 0.3) is 11.0 Å². The van der Waals surface area contributed by atoms with Crippen molar-refractivity contribution in [3.8, 4) is 0 Å². The average Bonchev–Trinajstić information content (AvgIpc) is 3.10. The molecule has 0 atom stereocenters. The Morgan fingerprint density at radius 3 is 2.66 bits per heavy atom. The fraction of sp³-hybridized carbons (Fsp3) is 0.650. The molecule has 0 saturated carbocycles. The molecule has 1 fully saturated rings. The molecular formula is C20H31N5O3S. The van der Waals surface area contributed by atoms with E-state index in [1.807, 2.05) is 0 Å². The van der Waals surface area contributed by atoms with Crippen LogP contribution < -0.4 is 5.32 Å². The zero-order valence-corrected chi connectivity index (χ0v) is 18.3. The Morgan fingerprint density at radius 1 is 1.28 bits per heavy atom. The number of hydrogen-bond donors (Lipinski definition) is 1. The molecule has 0 spiro atoms. The van der Waals surface area contributed by atoms with Gasteiger partial charge in [-0.2, -0.15) is 4.31 Å². The van der Waals surface area contributed by atoms with Gasteiger partial charge in [-0.3, -0.25) is 4.79 Å². The minimum Gasteiger partial charge on any atom is -0.356 e. The zero-order chi connectivity index (χ0) is 21.0. The third-order valence-corrected chi connectivity index (χ3v) is 7.30. The van der Waals surface area contributed by atoms with Gasteiger partial charge in [-0.1, -0.05) is 26.0 Å². The lowest BCUT2D eigenvalue weighted by molar-refractivity contribution is -0.126. The molecule has 0 radical (unpaired) electrons. The lowest BCUT2D eigenvalue weighted by Crippen LogP contribution is -2.43. The summed E-state index contributed by atoms with van der Waals surface area (Å²) in [5, 5.41) is 11.2. The first kappa shape index (κ1) is 21.7. The Bertz CT molecular complexity index is 946. The predicted molar refractivity (Wildman–Crippen MR) is 112 cm³/mol. The van der Waals surface area contributed by atoms with Gasteiger partial charge in [0.2, 0.25) is 15.9 Å². The van der Waals surface area contributed by atoms with Gasteiger partial charge in [-0.15, -0.1) is 5.10 Å². The van der Waals surface area contributed by atoms with Crippen LogP contribution in [-0.4, -0.2) is 53.3 Å². The molecule has 0 bridgehead atoms. The Morgan fingerprint density at radius 2 is 2.00 bits per heavy atom. The number of benzene rings is 1. The number of aromatic nitrogens is 3. The highest BCUT2D eigenvalue weighted by molar-refractivity contribution is 7.89. The van der Waals surface area contributed by atoms with E-state index in [1.165, 1.54) is 4.31 Å². The van der Waals surface area contributed by atoms with E-state index in [2.05, 4.69) is 36.4 Å². The number of rotatable bonds is 8. The highest BCUT2D eigenvalue weighted by Gasteiger charge is 2.32. The molecule has 29 heavy (non-hydrogen) atoms. The molecule has 1 aliphatic rings. The van der Waals surface area contributed by atoms with Gasteiger partial charge in [0.25, 0.3) is 0 Å². The molecule has 2 aromatic rings. The molecule has 160 valence electrons. The van der Waals surface area contributed by atoms with Crippen molar-refractivity contribution in [2.24, 2.45) is 11.8 Å². The number of nitrogens with zero attached hydrogens (tertiary/aromatic N) is 4. The third-order valence-electron chi connectivity index (χ3n) is 5.40. The number of fused-ring (bicyclic) bond motifs is 1. The molecule has 0 unspecified atom stereocenters. The van der Waals surface area contributed by atoms with Gasteiger partial charge in [-0.05, 0) is 49.8 Å². The Labute approximate surface area is 172 Å². The largest absolute Gasteiger partial charge is 0.356 e. The second-order valence-electron chi connectivity index (χ2n) is 8.12. The van der Waals surface area contributed by atoms with Gasteiger partial charge < -0.3 is 5.32 Å². The fourth-order valence-electron chi connectivity index (χ4n) is 3.63. The van der Waals surface area contributed by atoms with Crippen LogP contribution in [0.4, 0.5) is 0 Å². The smallest absolute Gasteiger partial charge is 0.243 e. The van der Waals surface area contributed by atoms with Gasteiger partial charge in [0.1, 0.15) is 5.52 Å². The number of piperidine rings is 1. The molecule has 1 N–H and O–H groups in total. The van der Waals surface area contributed by atoms with Crippen LogP contribution in [0.5, 0.6) is 0 Å². The SMILES string of the molecule is CCCn1nnc2cc(S(=O)(=O)N3CCC(C(=O)NCCC(C)C)CC3)ccc21. The van der Waals surface area contributed by atoms with Crippen LogP contribution in [0, 0.1) is 11.8 Å². The van der Waals surface area contributed by atoms with Crippen molar-refractivity contribution < 1.29 is 13.2 Å².